The summed E-state index contributed by atoms with van der Waals surface area (Å²) in [5.74, 6) is 1.55. The molecule has 0 aliphatic carbocycles. The molecule has 2 atom stereocenters. The van der Waals surface area contributed by atoms with E-state index < -0.39 is 0 Å². The van der Waals surface area contributed by atoms with E-state index in [0.29, 0.717) is 0 Å². The highest BCUT2D eigenvalue weighted by Crippen LogP contribution is 2.32. The summed E-state index contributed by atoms with van der Waals surface area (Å²) in [6.07, 6.45) is 6.06. The van der Waals surface area contributed by atoms with E-state index in [-0.39, 0.29) is 12.2 Å². The van der Waals surface area contributed by atoms with Crippen LogP contribution in [0, 0.1) is 0 Å². The average molecular weight is 273 g/mol. The van der Waals surface area contributed by atoms with Crippen molar-refractivity contribution in [3.05, 3.63) is 24.3 Å². The molecule has 106 valence electrons. The minimum atomic E-state index is -0.00581. The summed E-state index contributed by atoms with van der Waals surface area (Å²) in [7, 11) is 3.75. The molecule has 2 aromatic rings. The Kier molecular flexibility index (Phi) is 3.40. The van der Waals surface area contributed by atoms with E-state index in [9.17, 15) is 0 Å². The molecule has 0 spiro atoms. The Morgan fingerprint density at radius 1 is 1.35 bits per heavy atom. The van der Waals surface area contributed by atoms with Gasteiger partial charge in [-0.2, -0.15) is 5.10 Å². The van der Waals surface area contributed by atoms with Gasteiger partial charge >= 0.3 is 0 Å². The van der Waals surface area contributed by atoms with E-state index in [1.807, 2.05) is 32.6 Å². The summed E-state index contributed by atoms with van der Waals surface area (Å²) in [6.45, 7) is 2.09. The molecule has 1 fully saturated rings. The van der Waals surface area contributed by atoms with Crippen LogP contribution in [0.4, 0.5) is 5.82 Å². The lowest BCUT2D eigenvalue weighted by Crippen LogP contribution is -2.08. The molecule has 6 heteroatoms. The fraction of sp³-hybridized carbons (Fsp3) is 0.500. The molecule has 0 radical (unpaired) electrons. The van der Waals surface area contributed by atoms with Crippen LogP contribution in [0.25, 0.3) is 11.3 Å². The van der Waals surface area contributed by atoms with Crippen LogP contribution in [0.2, 0.25) is 0 Å². The van der Waals surface area contributed by atoms with Crippen LogP contribution in [0.15, 0.2) is 18.5 Å². The van der Waals surface area contributed by atoms with Gasteiger partial charge in [0.2, 0.25) is 0 Å². The van der Waals surface area contributed by atoms with Crippen molar-refractivity contribution in [2.75, 3.05) is 12.4 Å². The van der Waals surface area contributed by atoms with Gasteiger partial charge in [0.1, 0.15) is 11.9 Å². The van der Waals surface area contributed by atoms with E-state index in [0.717, 1.165) is 35.7 Å². The number of nitrogens with zero attached hydrogens (tertiary/aromatic N) is 4. The quantitative estimate of drug-likeness (QED) is 0.928. The van der Waals surface area contributed by atoms with Gasteiger partial charge in [0, 0.05) is 31.9 Å². The van der Waals surface area contributed by atoms with Gasteiger partial charge in [0.05, 0.1) is 18.0 Å². The SMILES string of the molecule is CNc1cc(-c2cnn(C)c2)nc(C2CCC(C)O2)n1. The van der Waals surface area contributed by atoms with Crippen molar-refractivity contribution >= 4 is 5.82 Å². The molecule has 3 heterocycles. The molecular weight excluding hydrogens is 254 g/mol. The van der Waals surface area contributed by atoms with Gasteiger partial charge in [-0.3, -0.25) is 4.68 Å². The van der Waals surface area contributed by atoms with Crippen LogP contribution >= 0.6 is 0 Å². The summed E-state index contributed by atoms with van der Waals surface area (Å²) < 4.78 is 7.64. The van der Waals surface area contributed by atoms with E-state index in [1.165, 1.54) is 0 Å². The fourth-order valence-electron chi connectivity index (χ4n) is 2.43. The third-order valence-corrected chi connectivity index (χ3v) is 3.52. The summed E-state index contributed by atoms with van der Waals surface area (Å²) >= 11 is 0. The number of rotatable bonds is 3. The van der Waals surface area contributed by atoms with E-state index in [2.05, 4.69) is 27.3 Å². The van der Waals surface area contributed by atoms with Crippen LogP contribution in [-0.2, 0) is 11.8 Å². The van der Waals surface area contributed by atoms with Crippen LogP contribution in [0.1, 0.15) is 31.7 Å². The summed E-state index contributed by atoms with van der Waals surface area (Å²) in [5.41, 5.74) is 1.86. The number of nitrogens with one attached hydrogen (secondary N) is 1. The first kappa shape index (κ1) is 13.1. The van der Waals surface area contributed by atoms with Crippen molar-refractivity contribution in [2.45, 2.75) is 32.0 Å². The summed E-state index contributed by atoms with van der Waals surface area (Å²) in [5, 5.41) is 7.28. The van der Waals surface area contributed by atoms with Crippen LogP contribution in [0.5, 0.6) is 0 Å². The molecule has 0 aromatic carbocycles. The lowest BCUT2D eigenvalue weighted by atomic mass is 10.2. The number of ether oxygens (including phenoxy) is 1. The molecule has 1 saturated heterocycles. The first-order valence-electron chi connectivity index (χ1n) is 6.87. The Bertz CT molecular complexity index is 609. The number of aryl methyl sites for hydroxylation is 1. The van der Waals surface area contributed by atoms with Crippen LogP contribution in [0.3, 0.4) is 0 Å². The molecule has 0 amide bonds. The molecule has 2 aromatic heterocycles. The van der Waals surface area contributed by atoms with Crippen molar-refractivity contribution < 1.29 is 4.74 Å². The zero-order valence-corrected chi connectivity index (χ0v) is 12.0. The molecule has 2 unspecified atom stereocenters. The maximum Gasteiger partial charge on any atom is 0.160 e. The number of hydrogen-bond acceptors (Lipinski definition) is 5. The molecular formula is C14H19N5O. The Hall–Kier alpha value is -1.95. The second kappa shape index (κ2) is 5.20. The van der Waals surface area contributed by atoms with Crippen molar-refractivity contribution in [2.24, 2.45) is 7.05 Å². The smallest absolute Gasteiger partial charge is 0.160 e. The van der Waals surface area contributed by atoms with E-state index in [4.69, 9.17) is 4.74 Å². The number of anilines is 1. The zero-order chi connectivity index (χ0) is 14.1. The molecule has 3 rings (SSSR count). The monoisotopic (exact) mass is 273 g/mol. The third-order valence-electron chi connectivity index (χ3n) is 3.52. The second-order valence-corrected chi connectivity index (χ2v) is 5.16. The van der Waals surface area contributed by atoms with Gasteiger partial charge in [0.25, 0.3) is 0 Å². The maximum absolute atomic E-state index is 5.87. The molecule has 0 saturated carbocycles. The van der Waals surface area contributed by atoms with Gasteiger partial charge in [-0.05, 0) is 19.8 Å². The fourth-order valence-corrected chi connectivity index (χ4v) is 2.43. The predicted octanol–water partition coefficient (Wildman–Crippen LogP) is 2.16. The van der Waals surface area contributed by atoms with Crippen LogP contribution < -0.4 is 5.32 Å². The highest BCUT2D eigenvalue weighted by atomic mass is 16.5. The number of aromatic nitrogens is 4. The molecule has 0 bridgehead atoms. The first-order valence-corrected chi connectivity index (χ1v) is 6.87. The third kappa shape index (κ3) is 2.51. The van der Waals surface area contributed by atoms with Crippen molar-refractivity contribution in [3.63, 3.8) is 0 Å². The minimum absolute atomic E-state index is 0.00581. The molecule has 1 aliphatic heterocycles. The van der Waals surface area contributed by atoms with Crippen molar-refractivity contribution in [1.82, 2.24) is 19.7 Å². The van der Waals surface area contributed by atoms with Gasteiger partial charge in [0.15, 0.2) is 5.82 Å². The molecule has 20 heavy (non-hydrogen) atoms. The zero-order valence-electron chi connectivity index (χ0n) is 12.0. The lowest BCUT2D eigenvalue weighted by molar-refractivity contribution is 0.0504. The standard InChI is InChI=1S/C14H19N5O/c1-9-4-5-12(20-9)14-17-11(6-13(15-2)18-14)10-7-16-19(3)8-10/h6-9,12H,4-5H2,1-3H3,(H,15,17,18). The Morgan fingerprint density at radius 2 is 2.20 bits per heavy atom. The second-order valence-electron chi connectivity index (χ2n) is 5.16. The van der Waals surface area contributed by atoms with Crippen LogP contribution in [-0.4, -0.2) is 32.9 Å². The Labute approximate surface area is 118 Å². The van der Waals surface area contributed by atoms with E-state index >= 15 is 0 Å². The predicted molar refractivity (Wildman–Crippen MR) is 76.3 cm³/mol. The largest absolute Gasteiger partial charge is 0.373 e. The number of hydrogen-bond donors (Lipinski definition) is 1. The summed E-state index contributed by atoms with van der Waals surface area (Å²) in [4.78, 5) is 9.18. The lowest BCUT2D eigenvalue weighted by Gasteiger charge is -2.12. The van der Waals surface area contributed by atoms with Gasteiger partial charge in [-0.25, -0.2) is 9.97 Å². The Morgan fingerprint density at radius 3 is 2.80 bits per heavy atom. The highest BCUT2D eigenvalue weighted by Gasteiger charge is 2.26. The van der Waals surface area contributed by atoms with Crippen molar-refractivity contribution in [3.8, 4) is 11.3 Å². The molecule has 6 nitrogen and oxygen atoms in total. The summed E-state index contributed by atoms with van der Waals surface area (Å²) in [6, 6.07) is 1.93. The minimum Gasteiger partial charge on any atom is -0.373 e. The van der Waals surface area contributed by atoms with Gasteiger partial charge in [-0.15, -0.1) is 0 Å². The van der Waals surface area contributed by atoms with Crippen molar-refractivity contribution in [1.29, 1.82) is 0 Å². The normalized spacial score (nSPS) is 22.1. The topological polar surface area (TPSA) is 64.9 Å². The molecule has 1 aliphatic rings. The molecule has 1 N–H and O–H groups in total. The van der Waals surface area contributed by atoms with Gasteiger partial charge < -0.3 is 10.1 Å². The highest BCUT2D eigenvalue weighted by molar-refractivity contribution is 5.60. The average Bonchev–Trinajstić information content (AvgIpc) is 3.07. The maximum atomic E-state index is 5.87. The Balaban J connectivity index is 1.98. The van der Waals surface area contributed by atoms with Gasteiger partial charge in [-0.1, -0.05) is 0 Å². The first-order chi connectivity index (χ1) is 9.65. The van der Waals surface area contributed by atoms with E-state index in [1.54, 1.807) is 4.68 Å².